The largest absolute Gasteiger partial charge is 0.331 e. The summed E-state index contributed by atoms with van der Waals surface area (Å²) in [5.74, 6) is 0.846. The van der Waals surface area contributed by atoms with Crippen molar-refractivity contribution in [2.75, 3.05) is 0 Å². The van der Waals surface area contributed by atoms with Crippen molar-refractivity contribution in [1.29, 1.82) is 0 Å². The summed E-state index contributed by atoms with van der Waals surface area (Å²) in [5, 5.41) is 0. The number of imidazole rings is 1. The normalized spacial score (nSPS) is 10.7. The Balaban J connectivity index is 0. The summed E-state index contributed by atoms with van der Waals surface area (Å²) in [4.78, 5) is 4.12. The monoisotopic (exact) mass is 296 g/mol. The molecule has 0 amide bonds. The van der Waals surface area contributed by atoms with E-state index in [1.807, 2.05) is 24.6 Å². The summed E-state index contributed by atoms with van der Waals surface area (Å²) in [6, 6.07) is 0. The Morgan fingerprint density at radius 2 is 1.86 bits per heavy atom. The Bertz CT molecular complexity index is 372. The highest BCUT2D eigenvalue weighted by atomic mass is 19.1. The molecule has 0 aromatic carbocycles. The highest BCUT2D eigenvalue weighted by Gasteiger charge is 1.96. The smallest absolute Gasteiger partial charge is 0.108 e. The molecule has 122 valence electrons. The number of hydrogen-bond donors (Lipinski definition) is 0. The van der Waals surface area contributed by atoms with Gasteiger partial charge in [-0.2, -0.15) is 0 Å². The molecule has 2 nitrogen and oxygen atoms in total. The van der Waals surface area contributed by atoms with E-state index in [9.17, 15) is 4.39 Å². The van der Waals surface area contributed by atoms with Crippen molar-refractivity contribution in [3.8, 4) is 0 Å². The number of allylic oxidation sites excluding steroid dienone is 4. The summed E-state index contributed by atoms with van der Waals surface area (Å²) < 4.78 is 14.3. The molecule has 0 N–H and O–H groups in total. The molecule has 0 atom stereocenters. The minimum atomic E-state index is -0.147. The van der Waals surface area contributed by atoms with Crippen LogP contribution in [0.2, 0.25) is 0 Å². The lowest BCUT2D eigenvalue weighted by molar-refractivity contribution is 0.623. The number of unbranched alkanes of at least 4 members (excludes halogenated alkanes) is 1. The molecule has 0 bridgehead atoms. The minimum Gasteiger partial charge on any atom is -0.331 e. The van der Waals surface area contributed by atoms with E-state index in [-0.39, 0.29) is 5.83 Å². The predicted octanol–water partition coefficient (Wildman–Crippen LogP) is 6.10. The molecule has 0 aliphatic heterocycles. The average Bonchev–Trinajstić information content (AvgIpc) is 2.94. The second kappa shape index (κ2) is 16.7. The van der Waals surface area contributed by atoms with Crippen LogP contribution in [0.5, 0.6) is 0 Å². The second-order valence-corrected chi connectivity index (χ2v) is 4.62. The molecule has 0 radical (unpaired) electrons. The van der Waals surface area contributed by atoms with Crippen LogP contribution in [-0.4, -0.2) is 9.55 Å². The lowest BCUT2D eigenvalue weighted by Gasteiger charge is -2.01. The van der Waals surface area contributed by atoms with Gasteiger partial charge in [0.05, 0.1) is 5.83 Å². The molecule has 1 aromatic rings. The first kappa shape index (κ1) is 21.9. The Kier molecular flexibility index (Phi) is 17.4. The first-order chi connectivity index (χ1) is 10.1. The van der Waals surface area contributed by atoms with Gasteiger partial charge >= 0.3 is 0 Å². The fraction of sp³-hybridized carbons (Fsp3) is 0.611. The van der Waals surface area contributed by atoms with Crippen molar-refractivity contribution < 1.29 is 4.39 Å². The van der Waals surface area contributed by atoms with Gasteiger partial charge in [-0.05, 0) is 26.3 Å². The minimum absolute atomic E-state index is 0.147. The molecule has 0 fully saturated rings. The number of halogens is 1. The fourth-order valence-corrected chi connectivity index (χ4v) is 1.28. The molecule has 0 aliphatic carbocycles. The molecule has 1 heterocycles. The third-order valence-corrected chi connectivity index (χ3v) is 2.66. The summed E-state index contributed by atoms with van der Waals surface area (Å²) >= 11 is 0. The van der Waals surface area contributed by atoms with Crippen molar-refractivity contribution >= 4 is 0 Å². The maximum Gasteiger partial charge on any atom is 0.108 e. The van der Waals surface area contributed by atoms with Gasteiger partial charge in [-0.1, -0.05) is 52.7 Å². The Morgan fingerprint density at radius 1 is 1.24 bits per heavy atom. The molecule has 0 aliphatic rings. The van der Waals surface area contributed by atoms with Gasteiger partial charge in [-0.3, -0.25) is 0 Å². The molecule has 0 spiro atoms. The molecule has 0 unspecified atom stereocenters. The van der Waals surface area contributed by atoms with Crippen LogP contribution in [0.3, 0.4) is 0 Å². The summed E-state index contributed by atoms with van der Waals surface area (Å²) in [7, 11) is 0. The van der Waals surface area contributed by atoms with Crippen molar-refractivity contribution in [3.63, 3.8) is 0 Å². The van der Waals surface area contributed by atoms with E-state index in [2.05, 4.69) is 37.9 Å². The summed E-state index contributed by atoms with van der Waals surface area (Å²) in [6.45, 7) is 12.6. The first-order valence-electron chi connectivity index (χ1n) is 8.00. The van der Waals surface area contributed by atoms with Gasteiger partial charge in [-0.15, -0.1) is 0 Å². The van der Waals surface area contributed by atoms with Gasteiger partial charge in [0.15, 0.2) is 0 Å². The van der Waals surface area contributed by atoms with Crippen molar-refractivity contribution in [3.05, 3.63) is 42.3 Å². The Hall–Kier alpha value is -1.38. The molecular weight excluding hydrogens is 263 g/mol. The van der Waals surface area contributed by atoms with Gasteiger partial charge in [0.1, 0.15) is 5.82 Å². The van der Waals surface area contributed by atoms with Crippen molar-refractivity contribution in [2.45, 2.75) is 73.8 Å². The zero-order valence-electron chi connectivity index (χ0n) is 14.7. The Morgan fingerprint density at radius 3 is 2.19 bits per heavy atom. The van der Waals surface area contributed by atoms with Crippen LogP contribution >= 0.6 is 0 Å². The zero-order valence-corrected chi connectivity index (χ0v) is 14.7. The SMILES string of the molecule is C/C=C/CC.CCCC.CCc1nccn1C/C=C(\C)F. The third kappa shape index (κ3) is 14.8. The maximum atomic E-state index is 12.4. The van der Waals surface area contributed by atoms with E-state index in [0.29, 0.717) is 6.54 Å². The topological polar surface area (TPSA) is 17.8 Å². The lowest BCUT2D eigenvalue weighted by atomic mass is 10.4. The number of nitrogens with zero attached hydrogens (tertiary/aromatic N) is 2. The number of hydrogen-bond acceptors (Lipinski definition) is 1. The van der Waals surface area contributed by atoms with E-state index >= 15 is 0 Å². The van der Waals surface area contributed by atoms with Gasteiger partial charge in [0, 0.05) is 25.4 Å². The maximum absolute atomic E-state index is 12.4. The van der Waals surface area contributed by atoms with E-state index in [1.54, 1.807) is 12.3 Å². The van der Waals surface area contributed by atoms with E-state index in [0.717, 1.165) is 18.7 Å². The van der Waals surface area contributed by atoms with Crippen LogP contribution in [-0.2, 0) is 13.0 Å². The van der Waals surface area contributed by atoms with Crippen molar-refractivity contribution in [1.82, 2.24) is 9.55 Å². The van der Waals surface area contributed by atoms with Crippen molar-refractivity contribution in [2.24, 2.45) is 0 Å². The quantitative estimate of drug-likeness (QED) is 0.600. The number of rotatable bonds is 5. The molecule has 1 rings (SSSR count). The molecule has 21 heavy (non-hydrogen) atoms. The fourth-order valence-electron chi connectivity index (χ4n) is 1.28. The van der Waals surface area contributed by atoms with Gasteiger partial charge in [-0.25, -0.2) is 9.37 Å². The van der Waals surface area contributed by atoms with Crippen LogP contribution in [0, 0.1) is 0 Å². The van der Waals surface area contributed by atoms with E-state index < -0.39 is 0 Å². The van der Waals surface area contributed by atoms with Crippen LogP contribution in [0.4, 0.5) is 4.39 Å². The van der Waals surface area contributed by atoms with Crippen LogP contribution in [0.1, 0.15) is 66.6 Å². The average molecular weight is 296 g/mol. The third-order valence-electron chi connectivity index (χ3n) is 2.66. The van der Waals surface area contributed by atoms with E-state index in [4.69, 9.17) is 0 Å². The first-order valence-corrected chi connectivity index (χ1v) is 8.00. The Labute approximate surface area is 130 Å². The molecular formula is C18H33FN2. The second-order valence-electron chi connectivity index (χ2n) is 4.62. The zero-order chi connectivity index (χ0) is 16.5. The molecule has 1 aromatic heterocycles. The standard InChI is InChI=1S/C9H13FN2.C5H10.C4H10/c1-3-9-11-5-7-12(9)6-4-8(2)10;1-3-5-4-2;1-3-4-2/h4-5,7H,3,6H2,1-2H3;3,5H,4H2,1-2H3;3-4H2,1-2H3/b8-4+;5-3+;. The van der Waals surface area contributed by atoms with Crippen LogP contribution in [0.15, 0.2) is 36.4 Å². The molecule has 3 heteroatoms. The number of aryl methyl sites for hydroxylation is 1. The summed E-state index contributed by atoms with van der Waals surface area (Å²) in [6.07, 6.45) is 14.0. The van der Waals surface area contributed by atoms with Crippen LogP contribution in [0.25, 0.3) is 0 Å². The molecule has 0 saturated heterocycles. The van der Waals surface area contributed by atoms with Gasteiger partial charge in [0.25, 0.3) is 0 Å². The van der Waals surface area contributed by atoms with E-state index in [1.165, 1.54) is 19.8 Å². The highest BCUT2D eigenvalue weighted by molar-refractivity contribution is 4.96. The lowest BCUT2D eigenvalue weighted by Crippen LogP contribution is -1.99. The highest BCUT2D eigenvalue weighted by Crippen LogP contribution is 2.01. The predicted molar refractivity (Wildman–Crippen MR) is 92.2 cm³/mol. The van der Waals surface area contributed by atoms with Gasteiger partial charge in [0.2, 0.25) is 0 Å². The summed E-state index contributed by atoms with van der Waals surface area (Å²) in [5.41, 5.74) is 0. The molecule has 0 saturated carbocycles. The van der Waals surface area contributed by atoms with Gasteiger partial charge < -0.3 is 4.57 Å². The number of aromatic nitrogens is 2. The van der Waals surface area contributed by atoms with Crippen LogP contribution < -0.4 is 0 Å².